The van der Waals surface area contributed by atoms with Gasteiger partial charge in [0, 0.05) is 0 Å². The number of fused-ring (bicyclic) bond motifs is 2. The number of hydrogen-bond acceptors (Lipinski definition) is 8. The van der Waals surface area contributed by atoms with Crippen LogP contribution < -0.4 is 10.6 Å². The highest BCUT2D eigenvalue weighted by molar-refractivity contribution is 8.00. The van der Waals surface area contributed by atoms with Gasteiger partial charge in [-0.15, -0.1) is 0 Å². The Morgan fingerprint density at radius 3 is 1.40 bits per heavy atom. The van der Waals surface area contributed by atoms with Crippen molar-refractivity contribution in [2.24, 2.45) is 0 Å². The fraction of sp³-hybridized carbons (Fsp3) is 0.200. The molecule has 0 bridgehead atoms. The Hall–Kier alpha value is -5.36. The summed E-state index contributed by atoms with van der Waals surface area (Å²) in [4.78, 5) is 40.0. The lowest BCUT2D eigenvalue weighted by atomic mass is 9.72. The minimum absolute atomic E-state index is 0.254. The molecule has 6 rings (SSSR count). The second-order valence-corrected chi connectivity index (χ2v) is 13.9. The quantitative estimate of drug-likeness (QED) is 0.0461. The predicted octanol–water partition coefficient (Wildman–Crippen LogP) is 8.34. The summed E-state index contributed by atoms with van der Waals surface area (Å²) in [6.45, 7) is 3.78. The van der Waals surface area contributed by atoms with Crippen molar-refractivity contribution in [2.75, 3.05) is 22.1 Å². The van der Waals surface area contributed by atoms with Crippen LogP contribution in [-0.4, -0.2) is 65.8 Å². The molecule has 0 aliphatic heterocycles. The monoisotopic (exact) mass is 774 g/mol. The third-order valence-electron chi connectivity index (χ3n) is 8.17. The maximum Gasteiger partial charge on any atom is 0.411 e. The lowest BCUT2D eigenvalue weighted by Gasteiger charge is -2.38. The molecule has 18 heteroatoms. The number of aromatic amines is 2. The van der Waals surface area contributed by atoms with E-state index >= 15 is 0 Å². The molecule has 2 heterocycles. The third kappa shape index (κ3) is 7.59. The Morgan fingerprint density at radius 1 is 0.642 bits per heavy atom. The molecule has 0 aliphatic rings. The number of carbonyl (C=O) groups excluding carboxylic acids is 2. The van der Waals surface area contributed by atoms with E-state index in [-0.39, 0.29) is 23.6 Å². The van der Waals surface area contributed by atoms with Crippen LogP contribution in [0.3, 0.4) is 0 Å². The molecule has 4 aromatic carbocycles. The van der Waals surface area contributed by atoms with E-state index in [4.69, 9.17) is 0 Å². The molecule has 276 valence electrons. The van der Waals surface area contributed by atoms with Gasteiger partial charge in [-0.2, -0.15) is 26.3 Å². The number of aromatic hydroxyl groups is 2. The Kier molecular flexibility index (Phi) is 10.0. The zero-order valence-electron chi connectivity index (χ0n) is 27.5. The van der Waals surface area contributed by atoms with Gasteiger partial charge in [0.05, 0.1) is 44.9 Å². The maximum atomic E-state index is 14.8. The molecule has 0 radical (unpaired) electrons. The van der Waals surface area contributed by atoms with E-state index < -0.39 is 63.6 Å². The summed E-state index contributed by atoms with van der Waals surface area (Å²) in [6, 6.07) is 13.9. The van der Waals surface area contributed by atoms with E-state index in [0.717, 1.165) is 57.8 Å². The maximum absolute atomic E-state index is 14.8. The van der Waals surface area contributed by atoms with Crippen LogP contribution in [0.1, 0.15) is 22.3 Å². The highest BCUT2D eigenvalue weighted by Gasteiger charge is 2.72. The highest BCUT2D eigenvalue weighted by atomic mass is 32.2. The van der Waals surface area contributed by atoms with Gasteiger partial charge in [-0.1, -0.05) is 47.8 Å². The Balaban J connectivity index is 1.20. The molecule has 53 heavy (non-hydrogen) atoms. The molecule has 10 nitrogen and oxygen atoms in total. The van der Waals surface area contributed by atoms with Crippen LogP contribution in [0.2, 0.25) is 0 Å². The average molecular weight is 775 g/mol. The number of benzene rings is 4. The summed E-state index contributed by atoms with van der Waals surface area (Å²) in [6.07, 6.45) is -12.1. The molecular weight excluding hydrogens is 747 g/mol. The van der Waals surface area contributed by atoms with Crippen molar-refractivity contribution in [2.45, 2.75) is 41.9 Å². The zero-order chi connectivity index (χ0) is 38.3. The molecular formula is C35H28F6N6O4S2. The van der Waals surface area contributed by atoms with Gasteiger partial charge in [0.15, 0.2) is 10.3 Å². The van der Waals surface area contributed by atoms with Gasteiger partial charge in [0.1, 0.15) is 11.5 Å². The number of alkyl halides is 6. The molecule has 0 aliphatic carbocycles. The largest absolute Gasteiger partial charge is 0.506 e. The first-order chi connectivity index (χ1) is 24.9. The van der Waals surface area contributed by atoms with Crippen LogP contribution in [0, 0.1) is 13.8 Å². The number of nitrogens with one attached hydrogen (secondary N) is 4. The molecule has 0 fully saturated rings. The standard InChI is InChI=1S/C35H28F6N6O4S2/c1-17-3-7-21-25(11-17)46-31(44-21)52-15-29(50)42-23-9-5-19(13-27(23)48)33(34(36,37)38,35(39,40)41)20-6-10-24(28(49)14-20)43-30(51)16-53-32-45-22-8-4-18(2)12-26(22)47-32/h3-14,48-49H,15-16H2,1-2H3,(H,42,50)(H,43,51)(H,44,46)(H,45,47). The molecule has 0 atom stereocenters. The number of carbonyl (C=O) groups is 2. The molecule has 6 N–H and O–H groups in total. The normalized spacial score (nSPS) is 12.4. The summed E-state index contributed by atoms with van der Waals surface area (Å²) in [5.74, 6) is -4.08. The van der Waals surface area contributed by atoms with Gasteiger partial charge < -0.3 is 30.8 Å². The zero-order valence-corrected chi connectivity index (χ0v) is 29.2. The number of halogens is 6. The van der Waals surface area contributed by atoms with Crippen LogP contribution in [0.4, 0.5) is 37.7 Å². The molecule has 6 aromatic rings. The van der Waals surface area contributed by atoms with Crippen molar-refractivity contribution >= 4 is 68.8 Å². The second-order valence-electron chi connectivity index (χ2n) is 12.0. The van der Waals surface area contributed by atoms with Gasteiger partial charge in [-0.05, 0) is 84.6 Å². The van der Waals surface area contributed by atoms with Crippen molar-refractivity contribution in [1.82, 2.24) is 19.9 Å². The van der Waals surface area contributed by atoms with E-state index in [1.165, 1.54) is 0 Å². The molecule has 0 saturated carbocycles. The van der Waals surface area contributed by atoms with Crippen molar-refractivity contribution in [3.05, 3.63) is 95.1 Å². The molecule has 2 amide bonds. The molecule has 2 aromatic heterocycles. The second kappa shape index (κ2) is 14.2. The number of aromatic nitrogens is 4. The lowest BCUT2D eigenvalue weighted by molar-refractivity contribution is -0.288. The number of amides is 2. The SMILES string of the molecule is Cc1ccc2nc(SCC(=O)Nc3ccc(C(c4ccc(NC(=O)CSc5nc6ccc(C)cc6[nH]5)c(O)c4)(C(F)(F)F)C(F)(F)F)cc3O)[nH]c2c1. The summed E-state index contributed by atoms with van der Waals surface area (Å²) >= 11 is 1.98. The fourth-order valence-electron chi connectivity index (χ4n) is 5.70. The number of H-pyrrole nitrogens is 2. The number of thioether (sulfide) groups is 2. The number of phenols is 2. The van der Waals surface area contributed by atoms with Gasteiger partial charge in [0.2, 0.25) is 17.2 Å². The van der Waals surface area contributed by atoms with Crippen LogP contribution in [0.25, 0.3) is 22.1 Å². The third-order valence-corrected chi connectivity index (χ3v) is 9.92. The van der Waals surface area contributed by atoms with Crippen LogP contribution in [0.5, 0.6) is 11.5 Å². The van der Waals surface area contributed by atoms with Crippen molar-refractivity contribution in [3.63, 3.8) is 0 Å². The number of rotatable bonds is 10. The minimum atomic E-state index is -6.05. The van der Waals surface area contributed by atoms with Crippen LogP contribution in [0.15, 0.2) is 83.1 Å². The van der Waals surface area contributed by atoms with Crippen molar-refractivity contribution < 1.29 is 46.1 Å². The van der Waals surface area contributed by atoms with Gasteiger partial charge in [0.25, 0.3) is 0 Å². The van der Waals surface area contributed by atoms with E-state index in [2.05, 4.69) is 30.6 Å². The number of hydrogen-bond donors (Lipinski definition) is 6. The summed E-state index contributed by atoms with van der Waals surface area (Å²) in [5, 5.41) is 26.5. The van der Waals surface area contributed by atoms with Gasteiger partial charge >= 0.3 is 12.4 Å². The number of imidazole rings is 2. The smallest absolute Gasteiger partial charge is 0.411 e. The Labute approximate surface area is 304 Å². The van der Waals surface area contributed by atoms with Crippen molar-refractivity contribution in [1.29, 1.82) is 0 Å². The van der Waals surface area contributed by atoms with Gasteiger partial charge in [-0.3, -0.25) is 9.59 Å². The lowest BCUT2D eigenvalue weighted by Crippen LogP contribution is -2.54. The average Bonchev–Trinajstić information content (AvgIpc) is 3.67. The number of phenolic OH excluding ortho intramolecular Hbond substituents is 2. The number of nitrogens with zero attached hydrogens (tertiary/aromatic N) is 2. The van der Waals surface area contributed by atoms with E-state index in [1.807, 2.05) is 38.1 Å². The van der Waals surface area contributed by atoms with Crippen LogP contribution in [-0.2, 0) is 15.0 Å². The number of aryl methyl sites for hydroxylation is 2. The molecule has 0 saturated heterocycles. The molecule has 0 unspecified atom stereocenters. The van der Waals surface area contributed by atoms with Crippen molar-refractivity contribution in [3.8, 4) is 11.5 Å². The first-order valence-corrected chi connectivity index (χ1v) is 17.5. The van der Waals surface area contributed by atoms with Gasteiger partial charge in [-0.25, -0.2) is 9.97 Å². The van der Waals surface area contributed by atoms with E-state index in [0.29, 0.717) is 33.5 Å². The Bertz CT molecular complexity index is 2190. The molecule has 0 spiro atoms. The topological polar surface area (TPSA) is 156 Å². The number of anilines is 2. The van der Waals surface area contributed by atoms with Crippen LogP contribution >= 0.6 is 23.5 Å². The first-order valence-electron chi connectivity index (χ1n) is 15.5. The minimum Gasteiger partial charge on any atom is -0.506 e. The predicted molar refractivity (Wildman–Crippen MR) is 189 cm³/mol. The summed E-state index contributed by atoms with van der Waals surface area (Å²) in [5.41, 5.74) is -3.76. The summed E-state index contributed by atoms with van der Waals surface area (Å²) in [7, 11) is 0. The summed E-state index contributed by atoms with van der Waals surface area (Å²) < 4.78 is 88.8. The Morgan fingerprint density at radius 2 is 1.04 bits per heavy atom. The fourth-order valence-corrected chi connectivity index (χ4v) is 7.07. The first kappa shape index (κ1) is 37.4. The van der Waals surface area contributed by atoms with E-state index in [9.17, 15) is 46.1 Å². The van der Waals surface area contributed by atoms with E-state index in [1.54, 1.807) is 12.1 Å². The highest BCUT2D eigenvalue weighted by Crippen LogP contribution is 2.57.